The highest BCUT2D eigenvalue weighted by molar-refractivity contribution is 14.0. The maximum atomic E-state index is 5.55. The highest BCUT2D eigenvalue weighted by Gasteiger charge is 2.00. The summed E-state index contributed by atoms with van der Waals surface area (Å²) in [5.74, 6) is 1.50. The van der Waals surface area contributed by atoms with Gasteiger partial charge in [-0.1, -0.05) is 27.7 Å². The Morgan fingerprint density at radius 2 is 1.68 bits per heavy atom. The SMILES string of the molecule is CCN(CC)CCCNC(=NC)NCCCOCC(C)C.I. The number of hydrogen-bond donors (Lipinski definition) is 2. The van der Waals surface area contributed by atoms with E-state index in [0.717, 1.165) is 64.7 Å². The molecule has 2 N–H and O–H groups in total. The van der Waals surface area contributed by atoms with Crippen LogP contribution in [0.3, 0.4) is 0 Å². The first-order valence-corrected chi connectivity index (χ1v) is 8.38. The predicted molar refractivity (Wildman–Crippen MR) is 107 cm³/mol. The molecule has 0 saturated carbocycles. The lowest BCUT2D eigenvalue weighted by molar-refractivity contribution is 0.108. The van der Waals surface area contributed by atoms with Crippen molar-refractivity contribution in [3.63, 3.8) is 0 Å². The molecule has 0 aliphatic heterocycles. The Bertz CT molecular complexity index is 259. The molecule has 134 valence electrons. The van der Waals surface area contributed by atoms with Crippen molar-refractivity contribution in [2.24, 2.45) is 10.9 Å². The fourth-order valence-electron chi connectivity index (χ4n) is 1.97. The standard InChI is InChI=1S/C16H36N4O.HI/c1-6-20(7-2)12-8-10-18-16(17-5)19-11-9-13-21-14-15(3)4;/h15H,6-14H2,1-5H3,(H2,17,18,19);1H. The number of halogens is 1. The first-order valence-electron chi connectivity index (χ1n) is 8.38. The first kappa shape index (κ1) is 24.2. The summed E-state index contributed by atoms with van der Waals surface area (Å²) in [5.41, 5.74) is 0. The molecule has 0 rings (SSSR count). The van der Waals surface area contributed by atoms with Gasteiger partial charge in [-0.05, 0) is 38.4 Å². The summed E-state index contributed by atoms with van der Waals surface area (Å²) in [7, 11) is 1.81. The molecule has 0 aromatic heterocycles. The third kappa shape index (κ3) is 14.8. The largest absolute Gasteiger partial charge is 0.381 e. The molecule has 0 saturated heterocycles. The lowest BCUT2D eigenvalue weighted by Crippen LogP contribution is -2.39. The summed E-state index contributed by atoms with van der Waals surface area (Å²) in [5, 5.41) is 6.67. The van der Waals surface area contributed by atoms with Crippen molar-refractivity contribution < 1.29 is 4.74 Å². The van der Waals surface area contributed by atoms with Crippen LogP contribution in [0.2, 0.25) is 0 Å². The number of hydrogen-bond acceptors (Lipinski definition) is 3. The zero-order valence-corrected chi connectivity index (χ0v) is 17.5. The van der Waals surface area contributed by atoms with Gasteiger partial charge in [0.1, 0.15) is 0 Å². The molecule has 0 amide bonds. The smallest absolute Gasteiger partial charge is 0.190 e. The minimum Gasteiger partial charge on any atom is -0.381 e. The minimum atomic E-state index is 0. The van der Waals surface area contributed by atoms with Gasteiger partial charge in [0.05, 0.1) is 0 Å². The first-order chi connectivity index (χ1) is 10.1. The fraction of sp³-hybridized carbons (Fsp3) is 0.938. The zero-order valence-electron chi connectivity index (χ0n) is 15.2. The second kappa shape index (κ2) is 17.3. The van der Waals surface area contributed by atoms with Crippen LogP contribution in [0.1, 0.15) is 40.5 Å². The number of guanidine groups is 1. The van der Waals surface area contributed by atoms with Gasteiger partial charge in [-0.15, -0.1) is 24.0 Å². The second-order valence-electron chi connectivity index (χ2n) is 5.63. The van der Waals surface area contributed by atoms with Gasteiger partial charge in [0.15, 0.2) is 5.96 Å². The number of aliphatic imine (C=N–C) groups is 1. The highest BCUT2D eigenvalue weighted by Crippen LogP contribution is 1.93. The van der Waals surface area contributed by atoms with Crippen molar-refractivity contribution in [1.82, 2.24) is 15.5 Å². The molecule has 0 atom stereocenters. The molecule has 6 heteroatoms. The highest BCUT2D eigenvalue weighted by atomic mass is 127. The number of rotatable bonds is 12. The van der Waals surface area contributed by atoms with Crippen LogP contribution in [0.4, 0.5) is 0 Å². The normalized spacial score (nSPS) is 11.7. The van der Waals surface area contributed by atoms with Gasteiger partial charge in [-0.3, -0.25) is 4.99 Å². The quantitative estimate of drug-likeness (QED) is 0.217. The van der Waals surface area contributed by atoms with Crippen LogP contribution in [-0.4, -0.2) is 63.8 Å². The molecule has 0 aromatic rings. The lowest BCUT2D eigenvalue weighted by atomic mass is 10.2. The van der Waals surface area contributed by atoms with Crippen molar-refractivity contribution in [3.05, 3.63) is 0 Å². The van der Waals surface area contributed by atoms with E-state index in [2.05, 4.69) is 48.2 Å². The molecule has 0 bridgehead atoms. The average molecular weight is 428 g/mol. The molecule has 0 spiro atoms. The van der Waals surface area contributed by atoms with E-state index >= 15 is 0 Å². The summed E-state index contributed by atoms with van der Waals surface area (Å²) in [4.78, 5) is 6.67. The molecular weight excluding hydrogens is 391 g/mol. The van der Waals surface area contributed by atoms with Crippen LogP contribution < -0.4 is 10.6 Å². The summed E-state index contributed by atoms with van der Waals surface area (Å²) < 4.78 is 5.55. The average Bonchev–Trinajstić information content (AvgIpc) is 2.48. The van der Waals surface area contributed by atoms with Gasteiger partial charge >= 0.3 is 0 Å². The molecule has 22 heavy (non-hydrogen) atoms. The maximum absolute atomic E-state index is 5.55. The Labute approximate surface area is 154 Å². The summed E-state index contributed by atoms with van der Waals surface area (Å²) in [6.07, 6.45) is 2.15. The monoisotopic (exact) mass is 428 g/mol. The van der Waals surface area contributed by atoms with Crippen LogP contribution in [0.5, 0.6) is 0 Å². The second-order valence-corrected chi connectivity index (χ2v) is 5.63. The van der Waals surface area contributed by atoms with E-state index in [1.807, 2.05) is 7.05 Å². The molecular formula is C16H37IN4O. The minimum absolute atomic E-state index is 0. The Balaban J connectivity index is 0. The Hall–Kier alpha value is -0.0800. The van der Waals surface area contributed by atoms with Gasteiger partial charge < -0.3 is 20.3 Å². The molecule has 5 nitrogen and oxygen atoms in total. The number of ether oxygens (including phenoxy) is 1. The topological polar surface area (TPSA) is 48.9 Å². The van der Waals surface area contributed by atoms with E-state index in [0.29, 0.717) is 5.92 Å². The van der Waals surface area contributed by atoms with E-state index in [1.54, 1.807) is 0 Å². The van der Waals surface area contributed by atoms with E-state index in [9.17, 15) is 0 Å². The van der Waals surface area contributed by atoms with Crippen LogP contribution >= 0.6 is 24.0 Å². The van der Waals surface area contributed by atoms with Gasteiger partial charge in [0, 0.05) is 33.4 Å². The van der Waals surface area contributed by atoms with Crippen molar-refractivity contribution >= 4 is 29.9 Å². The van der Waals surface area contributed by atoms with E-state index < -0.39 is 0 Å². The van der Waals surface area contributed by atoms with E-state index in [4.69, 9.17) is 4.74 Å². The van der Waals surface area contributed by atoms with Crippen LogP contribution in [0.25, 0.3) is 0 Å². The molecule has 0 fully saturated rings. The molecule has 0 unspecified atom stereocenters. The molecule has 0 radical (unpaired) electrons. The third-order valence-electron chi connectivity index (χ3n) is 3.27. The number of nitrogens with zero attached hydrogens (tertiary/aromatic N) is 2. The third-order valence-corrected chi connectivity index (χ3v) is 3.27. The van der Waals surface area contributed by atoms with Gasteiger partial charge in [0.25, 0.3) is 0 Å². The van der Waals surface area contributed by atoms with Crippen molar-refractivity contribution in [2.75, 3.05) is 53.0 Å². The Kier molecular flexibility index (Phi) is 19.0. The molecule has 0 aliphatic rings. The Morgan fingerprint density at radius 1 is 1.09 bits per heavy atom. The molecule has 0 aliphatic carbocycles. The van der Waals surface area contributed by atoms with Crippen LogP contribution in [0, 0.1) is 5.92 Å². The van der Waals surface area contributed by atoms with Gasteiger partial charge in [-0.2, -0.15) is 0 Å². The van der Waals surface area contributed by atoms with Crippen molar-refractivity contribution in [3.8, 4) is 0 Å². The van der Waals surface area contributed by atoms with Crippen LogP contribution in [-0.2, 0) is 4.74 Å². The van der Waals surface area contributed by atoms with Gasteiger partial charge in [-0.25, -0.2) is 0 Å². The van der Waals surface area contributed by atoms with E-state index in [1.165, 1.54) is 0 Å². The van der Waals surface area contributed by atoms with Crippen molar-refractivity contribution in [2.45, 2.75) is 40.5 Å². The maximum Gasteiger partial charge on any atom is 0.190 e. The zero-order chi connectivity index (χ0) is 15.9. The van der Waals surface area contributed by atoms with Crippen molar-refractivity contribution in [1.29, 1.82) is 0 Å². The molecule has 0 aromatic carbocycles. The lowest BCUT2D eigenvalue weighted by Gasteiger charge is -2.18. The summed E-state index contributed by atoms with van der Waals surface area (Å²) in [6, 6.07) is 0. The van der Waals surface area contributed by atoms with Gasteiger partial charge in [0.2, 0.25) is 0 Å². The Morgan fingerprint density at radius 3 is 2.18 bits per heavy atom. The molecule has 0 heterocycles. The van der Waals surface area contributed by atoms with Crippen LogP contribution in [0.15, 0.2) is 4.99 Å². The summed E-state index contributed by atoms with van der Waals surface area (Å²) >= 11 is 0. The summed E-state index contributed by atoms with van der Waals surface area (Å²) in [6.45, 7) is 15.7. The fourth-order valence-corrected chi connectivity index (χ4v) is 1.97. The number of nitrogens with one attached hydrogen (secondary N) is 2. The van der Waals surface area contributed by atoms with E-state index in [-0.39, 0.29) is 24.0 Å². The predicted octanol–water partition coefficient (Wildman–Crippen LogP) is 2.56.